The van der Waals surface area contributed by atoms with Gasteiger partial charge in [-0.3, -0.25) is 0 Å². The molecule has 0 amide bonds. The van der Waals surface area contributed by atoms with Gasteiger partial charge in [-0.2, -0.15) is 0 Å². The predicted molar refractivity (Wildman–Crippen MR) is 89.6 cm³/mol. The second-order valence-electron chi connectivity index (χ2n) is 4.94. The van der Waals surface area contributed by atoms with Crippen LogP contribution in [-0.4, -0.2) is 13.7 Å². The molecular formula is C17H19Cl2NO. The van der Waals surface area contributed by atoms with Crippen LogP contribution in [0, 0.1) is 0 Å². The van der Waals surface area contributed by atoms with Crippen molar-refractivity contribution in [3.63, 3.8) is 0 Å². The highest BCUT2D eigenvalue weighted by Gasteiger charge is 2.09. The van der Waals surface area contributed by atoms with Crippen LogP contribution in [0.1, 0.15) is 24.1 Å². The number of hydrogen-bond donors (Lipinski definition) is 1. The Labute approximate surface area is 136 Å². The second kappa shape index (κ2) is 7.69. The molecule has 2 rings (SSSR count). The highest BCUT2D eigenvalue weighted by molar-refractivity contribution is 6.35. The van der Waals surface area contributed by atoms with Crippen molar-refractivity contribution in [2.24, 2.45) is 0 Å². The van der Waals surface area contributed by atoms with Gasteiger partial charge in [0.25, 0.3) is 0 Å². The van der Waals surface area contributed by atoms with Crippen LogP contribution in [0.5, 0.6) is 5.75 Å². The Bertz CT molecular complexity index is 584. The van der Waals surface area contributed by atoms with Crippen molar-refractivity contribution in [3.05, 3.63) is 63.6 Å². The Hall–Kier alpha value is -1.22. The van der Waals surface area contributed by atoms with Gasteiger partial charge in [-0.1, -0.05) is 41.4 Å². The summed E-state index contributed by atoms with van der Waals surface area (Å²) in [5.74, 6) is 0.882. The molecule has 0 saturated carbocycles. The van der Waals surface area contributed by atoms with Crippen LogP contribution >= 0.6 is 23.2 Å². The molecule has 2 aromatic rings. The van der Waals surface area contributed by atoms with E-state index >= 15 is 0 Å². The summed E-state index contributed by atoms with van der Waals surface area (Å²) >= 11 is 12.1. The van der Waals surface area contributed by atoms with Gasteiger partial charge in [0.15, 0.2) is 0 Å². The van der Waals surface area contributed by atoms with Crippen LogP contribution in [0.2, 0.25) is 10.0 Å². The van der Waals surface area contributed by atoms with E-state index in [2.05, 4.69) is 24.4 Å². The standard InChI is InChI=1S/C17H19Cl2NO/c1-12(16-8-5-14(18)11-17(16)19)20-10-9-13-3-6-15(21-2)7-4-13/h3-8,11-12,20H,9-10H2,1-2H3. The van der Waals surface area contributed by atoms with Gasteiger partial charge >= 0.3 is 0 Å². The lowest BCUT2D eigenvalue weighted by Gasteiger charge is -2.16. The molecule has 0 radical (unpaired) electrons. The molecule has 1 N–H and O–H groups in total. The molecule has 1 atom stereocenters. The first-order chi connectivity index (χ1) is 10.1. The molecule has 0 saturated heterocycles. The molecule has 0 spiro atoms. The number of methoxy groups -OCH3 is 1. The summed E-state index contributed by atoms with van der Waals surface area (Å²) in [6.45, 7) is 2.98. The van der Waals surface area contributed by atoms with Crippen molar-refractivity contribution >= 4 is 23.2 Å². The van der Waals surface area contributed by atoms with E-state index in [0.717, 1.165) is 24.3 Å². The first kappa shape index (κ1) is 16.2. The van der Waals surface area contributed by atoms with Crippen molar-refractivity contribution < 1.29 is 4.74 Å². The summed E-state index contributed by atoms with van der Waals surface area (Å²) in [7, 11) is 1.67. The summed E-state index contributed by atoms with van der Waals surface area (Å²) in [6, 6.07) is 13.9. The summed E-state index contributed by atoms with van der Waals surface area (Å²) in [4.78, 5) is 0. The number of rotatable bonds is 6. The quantitative estimate of drug-likeness (QED) is 0.816. The van der Waals surface area contributed by atoms with Crippen LogP contribution in [-0.2, 0) is 6.42 Å². The van der Waals surface area contributed by atoms with Crippen LogP contribution in [0.3, 0.4) is 0 Å². The molecule has 112 valence electrons. The number of halogens is 2. The fourth-order valence-electron chi connectivity index (χ4n) is 2.19. The highest BCUT2D eigenvalue weighted by atomic mass is 35.5. The largest absolute Gasteiger partial charge is 0.497 e. The van der Waals surface area contributed by atoms with Gasteiger partial charge in [0, 0.05) is 16.1 Å². The predicted octanol–water partition coefficient (Wildman–Crippen LogP) is 4.90. The van der Waals surface area contributed by atoms with E-state index in [1.807, 2.05) is 24.3 Å². The average molecular weight is 324 g/mol. The molecule has 0 aliphatic heterocycles. The van der Waals surface area contributed by atoms with E-state index in [4.69, 9.17) is 27.9 Å². The lowest BCUT2D eigenvalue weighted by atomic mass is 10.1. The molecule has 1 unspecified atom stereocenters. The lowest BCUT2D eigenvalue weighted by Crippen LogP contribution is -2.21. The van der Waals surface area contributed by atoms with Gasteiger partial charge in [0.1, 0.15) is 5.75 Å². The molecule has 0 bridgehead atoms. The summed E-state index contributed by atoms with van der Waals surface area (Å²) in [6.07, 6.45) is 0.958. The van der Waals surface area contributed by atoms with E-state index in [1.54, 1.807) is 13.2 Å². The van der Waals surface area contributed by atoms with E-state index in [-0.39, 0.29) is 6.04 Å². The van der Waals surface area contributed by atoms with Crippen LogP contribution < -0.4 is 10.1 Å². The van der Waals surface area contributed by atoms with Crippen molar-refractivity contribution in [3.8, 4) is 5.75 Å². The van der Waals surface area contributed by atoms with Gasteiger partial charge in [0.05, 0.1) is 7.11 Å². The fraction of sp³-hybridized carbons (Fsp3) is 0.294. The molecule has 0 aromatic heterocycles. The zero-order valence-electron chi connectivity index (χ0n) is 12.2. The average Bonchev–Trinajstić information content (AvgIpc) is 2.47. The van der Waals surface area contributed by atoms with Crippen LogP contribution in [0.25, 0.3) is 0 Å². The summed E-state index contributed by atoms with van der Waals surface area (Å²) in [5.41, 5.74) is 2.34. The highest BCUT2D eigenvalue weighted by Crippen LogP contribution is 2.26. The van der Waals surface area contributed by atoms with Crippen LogP contribution in [0.4, 0.5) is 0 Å². The van der Waals surface area contributed by atoms with E-state index in [1.165, 1.54) is 5.56 Å². The smallest absolute Gasteiger partial charge is 0.118 e. The van der Waals surface area contributed by atoms with Gasteiger partial charge in [-0.05, 0) is 55.3 Å². The monoisotopic (exact) mass is 323 g/mol. The van der Waals surface area contributed by atoms with Crippen molar-refractivity contribution in [2.45, 2.75) is 19.4 Å². The minimum Gasteiger partial charge on any atom is -0.497 e. The maximum Gasteiger partial charge on any atom is 0.118 e. The maximum absolute atomic E-state index is 6.22. The Balaban J connectivity index is 1.87. The lowest BCUT2D eigenvalue weighted by molar-refractivity contribution is 0.414. The topological polar surface area (TPSA) is 21.3 Å². The SMILES string of the molecule is COc1ccc(CCNC(C)c2ccc(Cl)cc2Cl)cc1. The first-order valence-corrected chi connectivity index (χ1v) is 7.67. The Kier molecular flexibility index (Phi) is 5.92. The van der Waals surface area contributed by atoms with Crippen molar-refractivity contribution in [1.29, 1.82) is 0 Å². The number of hydrogen-bond acceptors (Lipinski definition) is 2. The third-order valence-electron chi connectivity index (χ3n) is 3.45. The normalized spacial score (nSPS) is 12.2. The Morgan fingerprint density at radius 3 is 2.43 bits per heavy atom. The molecule has 0 heterocycles. The van der Waals surface area contributed by atoms with Gasteiger partial charge < -0.3 is 10.1 Å². The van der Waals surface area contributed by atoms with Gasteiger partial charge in [0.2, 0.25) is 0 Å². The molecule has 0 aliphatic carbocycles. The van der Waals surface area contributed by atoms with Crippen LogP contribution in [0.15, 0.2) is 42.5 Å². The maximum atomic E-state index is 6.22. The molecular weight excluding hydrogens is 305 g/mol. The van der Waals surface area contributed by atoms with Gasteiger partial charge in [-0.15, -0.1) is 0 Å². The minimum absolute atomic E-state index is 0.188. The Morgan fingerprint density at radius 2 is 1.81 bits per heavy atom. The minimum atomic E-state index is 0.188. The molecule has 2 aromatic carbocycles. The van der Waals surface area contributed by atoms with E-state index in [0.29, 0.717) is 10.0 Å². The Morgan fingerprint density at radius 1 is 1.10 bits per heavy atom. The van der Waals surface area contributed by atoms with Crippen molar-refractivity contribution in [2.75, 3.05) is 13.7 Å². The van der Waals surface area contributed by atoms with Crippen molar-refractivity contribution in [1.82, 2.24) is 5.32 Å². The molecule has 0 fully saturated rings. The third kappa shape index (κ3) is 4.63. The molecule has 2 nitrogen and oxygen atoms in total. The zero-order valence-corrected chi connectivity index (χ0v) is 13.7. The molecule has 0 aliphatic rings. The number of benzene rings is 2. The fourth-order valence-corrected chi connectivity index (χ4v) is 2.76. The summed E-state index contributed by atoms with van der Waals surface area (Å²) in [5, 5.41) is 4.84. The third-order valence-corrected chi connectivity index (χ3v) is 4.01. The first-order valence-electron chi connectivity index (χ1n) is 6.91. The second-order valence-corrected chi connectivity index (χ2v) is 5.78. The molecule has 21 heavy (non-hydrogen) atoms. The van der Waals surface area contributed by atoms with E-state index in [9.17, 15) is 0 Å². The number of ether oxygens (including phenoxy) is 1. The zero-order chi connectivity index (χ0) is 15.2. The number of nitrogens with one attached hydrogen (secondary N) is 1. The van der Waals surface area contributed by atoms with Gasteiger partial charge in [-0.25, -0.2) is 0 Å². The van der Waals surface area contributed by atoms with E-state index < -0.39 is 0 Å². The summed E-state index contributed by atoms with van der Waals surface area (Å²) < 4.78 is 5.15. The molecule has 4 heteroatoms.